The van der Waals surface area contributed by atoms with E-state index in [1.165, 1.54) is 10.2 Å². The van der Waals surface area contributed by atoms with Crippen molar-refractivity contribution in [3.05, 3.63) is 29.1 Å². The highest BCUT2D eigenvalue weighted by Crippen LogP contribution is 2.14. The second-order valence-electron chi connectivity index (χ2n) is 2.54. The van der Waals surface area contributed by atoms with Crippen LogP contribution in [0.5, 0.6) is 0 Å². The second-order valence-corrected chi connectivity index (χ2v) is 3.55. The van der Waals surface area contributed by atoms with Crippen molar-refractivity contribution < 1.29 is 5.48 Å². The summed E-state index contributed by atoms with van der Waals surface area (Å²) in [6.45, 7) is 0. The van der Waals surface area contributed by atoms with Gasteiger partial charge in [-0.15, -0.1) is 12.4 Å². The van der Waals surface area contributed by atoms with Crippen LogP contribution >= 0.6 is 23.7 Å². The SMILES string of the molecule is Cl.Cn1c(=NN)sc2ccccc21.O. The minimum absolute atomic E-state index is 0. The van der Waals surface area contributed by atoms with Gasteiger partial charge in [0.25, 0.3) is 0 Å². The molecule has 0 bridgehead atoms. The number of thiazole rings is 1. The van der Waals surface area contributed by atoms with Crippen molar-refractivity contribution in [2.75, 3.05) is 0 Å². The van der Waals surface area contributed by atoms with Crippen LogP contribution in [0.25, 0.3) is 10.2 Å². The maximum Gasteiger partial charge on any atom is 0.208 e. The molecule has 6 heteroatoms. The molecule has 0 aliphatic carbocycles. The summed E-state index contributed by atoms with van der Waals surface area (Å²) in [6.07, 6.45) is 0. The third kappa shape index (κ3) is 1.89. The van der Waals surface area contributed by atoms with Crippen LogP contribution in [0.15, 0.2) is 29.4 Å². The lowest BCUT2D eigenvalue weighted by Gasteiger charge is -1.91. The van der Waals surface area contributed by atoms with Gasteiger partial charge in [0.1, 0.15) is 0 Å². The highest BCUT2D eigenvalue weighted by atomic mass is 35.5. The molecule has 0 fully saturated rings. The van der Waals surface area contributed by atoms with Gasteiger partial charge in [0, 0.05) is 7.05 Å². The van der Waals surface area contributed by atoms with Crippen LogP contribution in [0.3, 0.4) is 0 Å². The zero-order valence-corrected chi connectivity index (χ0v) is 9.23. The van der Waals surface area contributed by atoms with E-state index < -0.39 is 0 Å². The van der Waals surface area contributed by atoms with E-state index >= 15 is 0 Å². The number of halogens is 1. The van der Waals surface area contributed by atoms with Crippen LogP contribution in [0.2, 0.25) is 0 Å². The van der Waals surface area contributed by atoms with Gasteiger partial charge in [0.05, 0.1) is 10.2 Å². The molecule has 0 unspecified atom stereocenters. The summed E-state index contributed by atoms with van der Waals surface area (Å²) < 4.78 is 3.20. The summed E-state index contributed by atoms with van der Waals surface area (Å²) >= 11 is 1.60. The van der Waals surface area contributed by atoms with E-state index in [4.69, 9.17) is 5.84 Å². The fourth-order valence-electron chi connectivity index (χ4n) is 1.20. The maximum absolute atomic E-state index is 5.23. The number of aromatic nitrogens is 1. The molecule has 1 aromatic carbocycles. The van der Waals surface area contributed by atoms with E-state index in [1.807, 2.05) is 23.7 Å². The van der Waals surface area contributed by atoms with Crippen LogP contribution in [-0.4, -0.2) is 10.0 Å². The lowest BCUT2D eigenvalue weighted by molar-refractivity contribution is 0.824. The molecule has 0 aliphatic heterocycles. The zero-order chi connectivity index (χ0) is 8.55. The summed E-state index contributed by atoms with van der Waals surface area (Å²) in [5.41, 5.74) is 1.17. The van der Waals surface area contributed by atoms with E-state index in [0.29, 0.717) is 0 Å². The van der Waals surface area contributed by atoms with Crippen LogP contribution in [0, 0.1) is 0 Å². The third-order valence-electron chi connectivity index (χ3n) is 1.83. The summed E-state index contributed by atoms with van der Waals surface area (Å²) in [6, 6.07) is 8.14. The fourth-order valence-corrected chi connectivity index (χ4v) is 2.14. The Morgan fingerprint density at radius 2 is 2.00 bits per heavy atom. The second kappa shape index (κ2) is 4.99. The molecule has 1 aromatic heterocycles. The van der Waals surface area contributed by atoms with Crippen molar-refractivity contribution in [3.63, 3.8) is 0 Å². The Morgan fingerprint density at radius 3 is 2.57 bits per heavy atom. The molecule has 0 radical (unpaired) electrons. The number of benzene rings is 1. The van der Waals surface area contributed by atoms with Gasteiger partial charge in [-0.25, -0.2) is 0 Å². The maximum atomic E-state index is 5.23. The topological polar surface area (TPSA) is 74.8 Å². The normalized spacial score (nSPS) is 10.8. The highest BCUT2D eigenvalue weighted by Gasteiger charge is 1.99. The number of fused-ring (bicyclic) bond motifs is 1. The Bertz CT molecular complexity index is 477. The van der Waals surface area contributed by atoms with E-state index in [9.17, 15) is 0 Å². The van der Waals surface area contributed by atoms with Gasteiger partial charge in [0.2, 0.25) is 4.80 Å². The Morgan fingerprint density at radius 1 is 1.36 bits per heavy atom. The van der Waals surface area contributed by atoms with E-state index in [1.54, 1.807) is 11.3 Å². The molecule has 0 saturated heterocycles. The Balaban J connectivity index is 0.000000845. The Kier molecular flexibility index (Phi) is 4.62. The standard InChI is InChI=1S/C8H9N3S.ClH.H2O/c1-11-6-4-2-3-5-7(6)12-8(11)10-9;;/h2-5H,9H2,1H3;1H;1H2. The molecule has 0 aliphatic rings. The predicted octanol–water partition coefficient (Wildman–Crippen LogP) is 0.611. The molecule has 1 heterocycles. The monoisotopic (exact) mass is 233 g/mol. The summed E-state index contributed by atoms with van der Waals surface area (Å²) in [5.74, 6) is 5.23. The first-order chi connectivity index (χ1) is 5.83. The molecule has 4 N–H and O–H groups in total. The average molecular weight is 234 g/mol. The van der Waals surface area contributed by atoms with Gasteiger partial charge < -0.3 is 15.9 Å². The van der Waals surface area contributed by atoms with E-state index in [-0.39, 0.29) is 17.9 Å². The Hall–Kier alpha value is -1.04. The molecule has 0 amide bonds. The minimum atomic E-state index is 0. The van der Waals surface area contributed by atoms with Gasteiger partial charge >= 0.3 is 0 Å². The average Bonchev–Trinajstić information content (AvgIpc) is 2.44. The summed E-state index contributed by atoms with van der Waals surface area (Å²) in [4.78, 5) is 0.844. The zero-order valence-electron chi connectivity index (χ0n) is 7.60. The van der Waals surface area contributed by atoms with Crippen molar-refractivity contribution in [2.45, 2.75) is 0 Å². The van der Waals surface area contributed by atoms with Crippen molar-refractivity contribution in [2.24, 2.45) is 18.0 Å². The van der Waals surface area contributed by atoms with Crippen LogP contribution in [0.1, 0.15) is 0 Å². The van der Waals surface area contributed by atoms with Crippen LogP contribution < -0.4 is 10.6 Å². The van der Waals surface area contributed by atoms with Crippen LogP contribution in [-0.2, 0) is 7.05 Å². The molecular formula is C8H12ClN3OS. The number of hydrogen-bond donors (Lipinski definition) is 1. The molecule has 14 heavy (non-hydrogen) atoms. The molecule has 2 aromatic rings. The fraction of sp³-hybridized carbons (Fsp3) is 0.125. The Labute approximate surface area is 91.4 Å². The third-order valence-corrected chi connectivity index (χ3v) is 2.95. The number of aryl methyl sites for hydroxylation is 1. The van der Waals surface area contributed by atoms with Crippen molar-refractivity contribution >= 4 is 34.0 Å². The number of para-hydroxylation sites is 1. The van der Waals surface area contributed by atoms with Crippen molar-refractivity contribution in [3.8, 4) is 0 Å². The molecule has 78 valence electrons. The molecule has 0 atom stereocenters. The number of rotatable bonds is 0. The summed E-state index contributed by atoms with van der Waals surface area (Å²) in [5, 5.41) is 3.69. The minimum Gasteiger partial charge on any atom is -0.412 e. The molecule has 4 nitrogen and oxygen atoms in total. The molecule has 2 rings (SSSR count). The van der Waals surface area contributed by atoms with Gasteiger partial charge in [0.15, 0.2) is 0 Å². The highest BCUT2D eigenvalue weighted by molar-refractivity contribution is 7.16. The first-order valence-electron chi connectivity index (χ1n) is 3.61. The lowest BCUT2D eigenvalue weighted by Crippen LogP contribution is -2.11. The number of nitrogens with two attached hydrogens (primary N) is 1. The predicted molar refractivity (Wildman–Crippen MR) is 61.4 cm³/mol. The van der Waals surface area contributed by atoms with Gasteiger partial charge in [-0.05, 0) is 12.1 Å². The summed E-state index contributed by atoms with van der Waals surface area (Å²) in [7, 11) is 1.96. The van der Waals surface area contributed by atoms with Gasteiger partial charge in [-0.2, -0.15) is 5.10 Å². The van der Waals surface area contributed by atoms with Crippen LogP contribution in [0.4, 0.5) is 0 Å². The quantitative estimate of drug-likeness (QED) is 0.526. The number of nitrogens with zero attached hydrogens (tertiary/aromatic N) is 2. The van der Waals surface area contributed by atoms with Crippen molar-refractivity contribution in [1.29, 1.82) is 0 Å². The van der Waals surface area contributed by atoms with Gasteiger partial charge in [-0.1, -0.05) is 23.5 Å². The smallest absolute Gasteiger partial charge is 0.208 e. The van der Waals surface area contributed by atoms with E-state index in [0.717, 1.165) is 4.80 Å². The van der Waals surface area contributed by atoms with Gasteiger partial charge in [-0.3, -0.25) is 0 Å². The first-order valence-corrected chi connectivity index (χ1v) is 4.43. The molecular weight excluding hydrogens is 222 g/mol. The lowest BCUT2D eigenvalue weighted by atomic mass is 10.3. The first kappa shape index (κ1) is 13.0. The van der Waals surface area contributed by atoms with Crippen molar-refractivity contribution in [1.82, 2.24) is 4.57 Å². The number of hydrogen-bond acceptors (Lipinski definition) is 3. The van der Waals surface area contributed by atoms with E-state index in [2.05, 4.69) is 17.2 Å². The molecule has 0 spiro atoms. The largest absolute Gasteiger partial charge is 0.412 e. The molecule has 0 saturated carbocycles.